The van der Waals surface area contributed by atoms with Crippen LogP contribution in [0.4, 0.5) is 0 Å². The number of hydrogen-bond acceptors (Lipinski definition) is 3. The first-order chi connectivity index (χ1) is 4.81. The van der Waals surface area contributed by atoms with Gasteiger partial charge in [0, 0.05) is 25.2 Å². The number of nitrogens with zero attached hydrogens (tertiary/aromatic N) is 2. The summed E-state index contributed by atoms with van der Waals surface area (Å²) in [5, 5.41) is 2.35. The minimum Gasteiger partial charge on any atom is -0.300 e. The van der Waals surface area contributed by atoms with E-state index in [1.165, 1.54) is 19.5 Å². The molecule has 1 N–H and O–H groups in total. The smallest absolute Gasteiger partial charge is 0.0386 e. The number of rotatable bonds is 1. The highest BCUT2D eigenvalue weighted by Crippen LogP contribution is 2.26. The molecule has 58 valence electrons. The van der Waals surface area contributed by atoms with Gasteiger partial charge in [-0.3, -0.25) is 5.43 Å². The molecule has 0 aromatic rings. The number of likely N-dealkylation sites (tertiary alicyclic amines) is 1. The molecular formula is C7H15N3. The fraction of sp³-hybridized carbons (Fsp3) is 1.00. The van der Waals surface area contributed by atoms with E-state index in [9.17, 15) is 0 Å². The Morgan fingerprint density at radius 1 is 1.30 bits per heavy atom. The number of hydrogen-bond donors (Lipinski definition) is 1. The van der Waals surface area contributed by atoms with Crippen molar-refractivity contribution < 1.29 is 0 Å². The quantitative estimate of drug-likeness (QED) is 0.531. The average molecular weight is 141 g/mol. The molecule has 10 heavy (non-hydrogen) atoms. The predicted molar refractivity (Wildman–Crippen MR) is 40.6 cm³/mol. The van der Waals surface area contributed by atoms with Crippen LogP contribution in [0.15, 0.2) is 0 Å². The second-order valence-electron chi connectivity index (χ2n) is 3.36. The molecule has 2 heterocycles. The summed E-state index contributed by atoms with van der Waals surface area (Å²) in [6.45, 7) is 2.45. The summed E-state index contributed by atoms with van der Waals surface area (Å²) in [6.07, 6.45) is 1.36. The van der Waals surface area contributed by atoms with Gasteiger partial charge in [-0.1, -0.05) is 0 Å². The lowest BCUT2D eigenvalue weighted by Crippen LogP contribution is -2.49. The van der Waals surface area contributed by atoms with E-state index in [4.69, 9.17) is 0 Å². The van der Waals surface area contributed by atoms with Crippen LogP contribution in [0.25, 0.3) is 0 Å². The highest BCUT2D eigenvalue weighted by Gasteiger charge is 2.40. The molecule has 0 radical (unpaired) electrons. The molecule has 2 atom stereocenters. The molecule has 2 bridgehead atoms. The Bertz CT molecular complexity index is 135. The minimum atomic E-state index is 0.778. The largest absolute Gasteiger partial charge is 0.300 e. The van der Waals surface area contributed by atoms with Crippen LogP contribution in [0.2, 0.25) is 0 Å². The van der Waals surface area contributed by atoms with Crippen molar-refractivity contribution >= 4 is 0 Å². The van der Waals surface area contributed by atoms with Crippen LogP contribution < -0.4 is 5.43 Å². The van der Waals surface area contributed by atoms with Crippen molar-refractivity contribution in [2.75, 3.05) is 27.2 Å². The average Bonchev–Trinajstić information content (AvgIpc) is 2.44. The summed E-state index contributed by atoms with van der Waals surface area (Å²) in [4.78, 5) is 2.46. The zero-order chi connectivity index (χ0) is 7.14. The first-order valence-corrected chi connectivity index (χ1v) is 3.95. The molecule has 2 rings (SSSR count). The van der Waals surface area contributed by atoms with Crippen LogP contribution >= 0.6 is 0 Å². The molecule has 0 aliphatic carbocycles. The van der Waals surface area contributed by atoms with Crippen LogP contribution in [0, 0.1) is 0 Å². The van der Waals surface area contributed by atoms with Crippen molar-refractivity contribution in [3.05, 3.63) is 0 Å². The van der Waals surface area contributed by atoms with Crippen LogP contribution in [-0.4, -0.2) is 49.2 Å². The Morgan fingerprint density at radius 3 is 2.50 bits per heavy atom. The number of hydrazine groups is 1. The summed E-state index contributed by atoms with van der Waals surface area (Å²) >= 11 is 0. The molecule has 0 unspecified atom stereocenters. The second-order valence-corrected chi connectivity index (χ2v) is 3.36. The van der Waals surface area contributed by atoms with Gasteiger partial charge in [-0.2, -0.15) is 0 Å². The second kappa shape index (κ2) is 2.19. The third-order valence-corrected chi connectivity index (χ3v) is 2.80. The molecule has 2 fully saturated rings. The molecule has 0 aromatic heterocycles. The van der Waals surface area contributed by atoms with Crippen molar-refractivity contribution in [1.29, 1.82) is 0 Å². The number of likely N-dealkylation sites (N-methyl/N-ethyl adjacent to an activating group) is 1. The maximum Gasteiger partial charge on any atom is 0.0386 e. The van der Waals surface area contributed by atoms with Gasteiger partial charge in [0.2, 0.25) is 0 Å². The topological polar surface area (TPSA) is 18.5 Å². The monoisotopic (exact) mass is 141 g/mol. The fourth-order valence-electron chi connectivity index (χ4n) is 2.14. The lowest BCUT2D eigenvalue weighted by molar-refractivity contribution is 0.110. The number of nitrogens with one attached hydrogen (secondary N) is 1. The van der Waals surface area contributed by atoms with Gasteiger partial charge in [-0.05, 0) is 20.5 Å². The SMILES string of the molecule is CNN1C[C@@H]2C[C@H]1CN2C. The summed E-state index contributed by atoms with van der Waals surface area (Å²) in [5.74, 6) is 0. The van der Waals surface area contributed by atoms with E-state index in [0.29, 0.717) is 0 Å². The minimum absolute atomic E-state index is 0.778. The van der Waals surface area contributed by atoms with Gasteiger partial charge in [-0.25, -0.2) is 5.01 Å². The van der Waals surface area contributed by atoms with Crippen molar-refractivity contribution in [3.63, 3.8) is 0 Å². The van der Waals surface area contributed by atoms with Crippen molar-refractivity contribution in [2.45, 2.75) is 18.5 Å². The molecule has 0 amide bonds. The summed E-state index contributed by atoms with van der Waals surface area (Å²) < 4.78 is 0. The molecule has 3 nitrogen and oxygen atoms in total. The predicted octanol–water partition coefficient (Wildman–Crippen LogP) is -0.491. The lowest BCUT2D eigenvalue weighted by Gasteiger charge is -2.30. The highest BCUT2D eigenvalue weighted by molar-refractivity contribution is 4.96. The standard InChI is InChI=1S/C7H15N3/c1-8-10-5-6-3-7(10)4-9(6)2/h6-8H,3-5H2,1-2H3/t6-,7-/m0/s1. The first kappa shape index (κ1) is 6.58. The molecule has 0 spiro atoms. The van der Waals surface area contributed by atoms with Gasteiger partial charge in [0.15, 0.2) is 0 Å². The summed E-state index contributed by atoms with van der Waals surface area (Å²) in [6, 6.07) is 1.59. The van der Waals surface area contributed by atoms with E-state index in [2.05, 4.69) is 22.4 Å². The molecule has 2 aliphatic heterocycles. The third-order valence-electron chi connectivity index (χ3n) is 2.80. The Balaban J connectivity index is 2.02. The summed E-state index contributed by atoms with van der Waals surface area (Å²) in [5.41, 5.74) is 3.22. The fourth-order valence-corrected chi connectivity index (χ4v) is 2.14. The van der Waals surface area contributed by atoms with Crippen LogP contribution in [0.3, 0.4) is 0 Å². The van der Waals surface area contributed by atoms with E-state index in [0.717, 1.165) is 12.1 Å². The van der Waals surface area contributed by atoms with Crippen LogP contribution in [0.1, 0.15) is 6.42 Å². The normalized spacial score (nSPS) is 41.4. The molecule has 2 saturated heterocycles. The van der Waals surface area contributed by atoms with E-state index >= 15 is 0 Å². The highest BCUT2D eigenvalue weighted by atomic mass is 15.6. The molecule has 2 aliphatic rings. The van der Waals surface area contributed by atoms with Crippen LogP contribution in [0.5, 0.6) is 0 Å². The molecule has 0 saturated carbocycles. The first-order valence-electron chi connectivity index (χ1n) is 3.95. The molecule has 0 aromatic carbocycles. The van der Waals surface area contributed by atoms with E-state index in [1.54, 1.807) is 0 Å². The van der Waals surface area contributed by atoms with Crippen LogP contribution in [-0.2, 0) is 0 Å². The third kappa shape index (κ3) is 0.779. The van der Waals surface area contributed by atoms with Gasteiger partial charge >= 0.3 is 0 Å². The summed E-state index contributed by atoms with van der Waals surface area (Å²) in [7, 11) is 4.23. The Hall–Kier alpha value is -0.120. The zero-order valence-corrected chi connectivity index (χ0v) is 6.67. The van der Waals surface area contributed by atoms with E-state index in [1.807, 2.05) is 7.05 Å². The molecule has 3 heteroatoms. The Labute approximate surface area is 62.0 Å². The number of piperazine rings is 1. The van der Waals surface area contributed by atoms with Gasteiger partial charge < -0.3 is 4.90 Å². The van der Waals surface area contributed by atoms with Gasteiger partial charge in [0.05, 0.1) is 0 Å². The van der Waals surface area contributed by atoms with E-state index in [-0.39, 0.29) is 0 Å². The zero-order valence-electron chi connectivity index (χ0n) is 6.67. The van der Waals surface area contributed by atoms with E-state index < -0.39 is 0 Å². The maximum absolute atomic E-state index is 3.22. The Kier molecular flexibility index (Phi) is 1.44. The Morgan fingerprint density at radius 2 is 2.10 bits per heavy atom. The maximum atomic E-state index is 3.22. The number of fused-ring (bicyclic) bond motifs is 2. The lowest BCUT2D eigenvalue weighted by atomic mass is 10.2. The van der Waals surface area contributed by atoms with Gasteiger partial charge in [0.25, 0.3) is 0 Å². The van der Waals surface area contributed by atoms with Crippen molar-refractivity contribution in [1.82, 2.24) is 15.3 Å². The van der Waals surface area contributed by atoms with Crippen molar-refractivity contribution in [2.24, 2.45) is 0 Å². The van der Waals surface area contributed by atoms with Gasteiger partial charge in [0.1, 0.15) is 0 Å². The van der Waals surface area contributed by atoms with Crippen molar-refractivity contribution in [3.8, 4) is 0 Å². The van der Waals surface area contributed by atoms with Gasteiger partial charge in [-0.15, -0.1) is 0 Å². The molecular weight excluding hydrogens is 126 g/mol.